The van der Waals surface area contributed by atoms with E-state index >= 15 is 0 Å². The van der Waals surface area contributed by atoms with Crippen LogP contribution in [-0.4, -0.2) is 20.4 Å². The zero-order valence-electron chi connectivity index (χ0n) is 7.52. The number of nitrogens with zero attached hydrogens (tertiary/aromatic N) is 4. The first-order valence-electron chi connectivity index (χ1n) is 4.05. The summed E-state index contributed by atoms with van der Waals surface area (Å²) >= 11 is 0. The van der Waals surface area contributed by atoms with Crippen LogP contribution in [-0.2, 0) is 0 Å². The van der Waals surface area contributed by atoms with Crippen LogP contribution in [0.1, 0.15) is 11.4 Å². The zero-order chi connectivity index (χ0) is 9.97. The van der Waals surface area contributed by atoms with Crippen molar-refractivity contribution in [1.82, 2.24) is 20.4 Å². The molecule has 1 N–H and O–H groups in total. The lowest BCUT2D eigenvalue weighted by Crippen LogP contribution is -1.85. The summed E-state index contributed by atoms with van der Waals surface area (Å²) in [4.78, 5) is 4.12. The van der Waals surface area contributed by atoms with Gasteiger partial charge in [0.2, 0.25) is 0 Å². The van der Waals surface area contributed by atoms with E-state index in [-0.39, 0.29) is 5.69 Å². The molecule has 0 aliphatic carbocycles. The molecule has 0 aliphatic rings. The van der Waals surface area contributed by atoms with Crippen LogP contribution in [0.25, 0.3) is 11.3 Å². The highest BCUT2D eigenvalue weighted by Gasteiger charge is 2.08. The molecule has 0 amide bonds. The van der Waals surface area contributed by atoms with Crippen molar-refractivity contribution in [1.29, 1.82) is 5.26 Å². The van der Waals surface area contributed by atoms with Crippen molar-refractivity contribution in [2.75, 3.05) is 0 Å². The lowest BCUT2D eigenvalue weighted by Gasteiger charge is -1.95. The summed E-state index contributed by atoms with van der Waals surface area (Å²) in [6, 6.07) is 5.68. The first-order chi connectivity index (χ1) is 6.81. The molecule has 2 aromatic rings. The normalized spacial score (nSPS) is 9.71. The van der Waals surface area contributed by atoms with Crippen LogP contribution in [0.3, 0.4) is 0 Å². The predicted molar refractivity (Wildman–Crippen MR) is 49.1 cm³/mol. The van der Waals surface area contributed by atoms with Crippen molar-refractivity contribution in [2.45, 2.75) is 6.92 Å². The summed E-state index contributed by atoms with van der Waals surface area (Å²) in [7, 11) is 0. The van der Waals surface area contributed by atoms with Crippen molar-refractivity contribution < 1.29 is 0 Å². The Hall–Kier alpha value is -2.22. The van der Waals surface area contributed by atoms with Gasteiger partial charge in [-0.2, -0.15) is 15.6 Å². The Morgan fingerprint density at radius 3 is 2.86 bits per heavy atom. The Labute approximate surface area is 80.4 Å². The van der Waals surface area contributed by atoms with Gasteiger partial charge in [-0.25, -0.2) is 0 Å². The molecule has 0 unspecified atom stereocenters. The van der Waals surface area contributed by atoms with Crippen LogP contribution in [0.4, 0.5) is 0 Å². The molecule has 0 bridgehead atoms. The van der Waals surface area contributed by atoms with Gasteiger partial charge in [-0.1, -0.05) is 0 Å². The number of hydrogen-bond donors (Lipinski definition) is 1. The predicted octanol–water partition coefficient (Wildman–Crippen LogP) is 1.05. The molecule has 0 spiro atoms. The third-order valence-electron chi connectivity index (χ3n) is 1.84. The second kappa shape index (κ2) is 3.26. The number of nitriles is 1. The van der Waals surface area contributed by atoms with E-state index in [1.807, 2.05) is 25.1 Å². The van der Waals surface area contributed by atoms with Gasteiger partial charge in [0.05, 0.1) is 0 Å². The van der Waals surface area contributed by atoms with E-state index in [4.69, 9.17) is 5.26 Å². The fourth-order valence-electron chi connectivity index (χ4n) is 1.12. The molecule has 0 radical (unpaired) electrons. The summed E-state index contributed by atoms with van der Waals surface area (Å²) in [6.07, 6.45) is 1.67. The van der Waals surface area contributed by atoms with Crippen molar-refractivity contribution in [3.63, 3.8) is 0 Å². The second-order valence-electron chi connectivity index (χ2n) is 2.82. The van der Waals surface area contributed by atoms with Gasteiger partial charge in [-0.3, -0.25) is 4.98 Å². The minimum Gasteiger partial charge on any atom is -0.261 e. The number of aromatic nitrogens is 4. The van der Waals surface area contributed by atoms with E-state index in [0.29, 0.717) is 5.69 Å². The first kappa shape index (κ1) is 8.38. The van der Waals surface area contributed by atoms with E-state index in [2.05, 4.69) is 20.4 Å². The Morgan fingerprint density at radius 1 is 1.36 bits per heavy atom. The average Bonchev–Trinajstić information content (AvgIpc) is 2.67. The number of aryl methyl sites for hydroxylation is 1. The quantitative estimate of drug-likeness (QED) is 0.720. The molecule has 2 rings (SSSR count). The van der Waals surface area contributed by atoms with E-state index in [0.717, 1.165) is 11.3 Å². The molecule has 5 heteroatoms. The summed E-state index contributed by atoms with van der Waals surface area (Å²) in [5, 5.41) is 18.7. The fourth-order valence-corrected chi connectivity index (χ4v) is 1.12. The lowest BCUT2D eigenvalue weighted by molar-refractivity contribution is 0.937. The van der Waals surface area contributed by atoms with E-state index in [1.165, 1.54) is 0 Å². The molecule has 0 saturated carbocycles. The van der Waals surface area contributed by atoms with Gasteiger partial charge < -0.3 is 0 Å². The Bertz CT molecular complexity index is 477. The van der Waals surface area contributed by atoms with Gasteiger partial charge in [0.1, 0.15) is 11.8 Å². The van der Waals surface area contributed by atoms with Gasteiger partial charge in [-0.15, -0.1) is 5.10 Å². The molecule has 0 fully saturated rings. The molecule has 2 aromatic heterocycles. The largest absolute Gasteiger partial charge is 0.261 e. The number of rotatable bonds is 1. The summed E-state index contributed by atoms with van der Waals surface area (Å²) in [5.74, 6) is 0. The van der Waals surface area contributed by atoms with Crippen molar-refractivity contribution in [2.24, 2.45) is 0 Å². The van der Waals surface area contributed by atoms with Gasteiger partial charge in [0.25, 0.3) is 0 Å². The Morgan fingerprint density at radius 2 is 2.21 bits per heavy atom. The topological polar surface area (TPSA) is 78.2 Å². The minimum atomic E-state index is 0.288. The summed E-state index contributed by atoms with van der Waals surface area (Å²) < 4.78 is 0. The third kappa shape index (κ3) is 1.33. The van der Waals surface area contributed by atoms with Crippen LogP contribution in [0.5, 0.6) is 0 Å². The molecule has 0 aliphatic heterocycles. The summed E-state index contributed by atoms with van der Waals surface area (Å²) in [5.41, 5.74) is 2.55. The smallest absolute Gasteiger partial charge is 0.190 e. The van der Waals surface area contributed by atoms with Crippen LogP contribution in [0.15, 0.2) is 18.3 Å². The molecule has 14 heavy (non-hydrogen) atoms. The van der Waals surface area contributed by atoms with Gasteiger partial charge in [-0.05, 0) is 19.1 Å². The van der Waals surface area contributed by atoms with Gasteiger partial charge in [0, 0.05) is 17.5 Å². The van der Waals surface area contributed by atoms with E-state index < -0.39 is 0 Å². The number of hydrogen-bond acceptors (Lipinski definition) is 4. The van der Waals surface area contributed by atoms with Crippen molar-refractivity contribution in [3.8, 4) is 17.3 Å². The fraction of sp³-hybridized carbons (Fsp3) is 0.111. The van der Waals surface area contributed by atoms with Crippen molar-refractivity contribution in [3.05, 3.63) is 29.7 Å². The molecule has 0 aromatic carbocycles. The Kier molecular flexibility index (Phi) is 1.95. The van der Waals surface area contributed by atoms with Gasteiger partial charge >= 0.3 is 0 Å². The Balaban J connectivity index is 2.50. The van der Waals surface area contributed by atoms with Gasteiger partial charge in [0.15, 0.2) is 5.69 Å². The molecular formula is C9H7N5. The zero-order valence-corrected chi connectivity index (χ0v) is 7.52. The standard InChI is InChI=1S/C9H7N5/c1-6-2-3-7(5-11-6)9-8(4-10)12-14-13-9/h2-3,5H,1H3,(H,12,13,14). The molecule has 2 heterocycles. The maximum atomic E-state index is 8.73. The molecule has 0 saturated heterocycles. The highest BCUT2D eigenvalue weighted by molar-refractivity contribution is 5.62. The first-order valence-corrected chi connectivity index (χ1v) is 4.05. The number of aromatic amines is 1. The molecule has 0 atom stereocenters. The van der Waals surface area contributed by atoms with Crippen LogP contribution < -0.4 is 0 Å². The minimum absolute atomic E-state index is 0.288. The van der Waals surface area contributed by atoms with E-state index in [9.17, 15) is 0 Å². The monoisotopic (exact) mass is 185 g/mol. The number of H-pyrrole nitrogens is 1. The van der Waals surface area contributed by atoms with Crippen LogP contribution >= 0.6 is 0 Å². The maximum Gasteiger partial charge on any atom is 0.190 e. The highest BCUT2D eigenvalue weighted by atomic mass is 15.3. The number of nitrogens with one attached hydrogen (secondary N) is 1. The average molecular weight is 185 g/mol. The molecule has 68 valence electrons. The number of pyridine rings is 1. The summed E-state index contributed by atoms with van der Waals surface area (Å²) in [6.45, 7) is 1.90. The highest BCUT2D eigenvalue weighted by Crippen LogP contribution is 2.17. The molecular weight excluding hydrogens is 178 g/mol. The van der Waals surface area contributed by atoms with Crippen LogP contribution in [0, 0.1) is 18.3 Å². The SMILES string of the molecule is Cc1ccc(-c2n[nH]nc2C#N)cn1. The third-order valence-corrected chi connectivity index (χ3v) is 1.84. The lowest BCUT2D eigenvalue weighted by atomic mass is 10.2. The van der Waals surface area contributed by atoms with E-state index in [1.54, 1.807) is 6.20 Å². The second-order valence-corrected chi connectivity index (χ2v) is 2.82. The van der Waals surface area contributed by atoms with Crippen LogP contribution in [0.2, 0.25) is 0 Å². The van der Waals surface area contributed by atoms with Crippen molar-refractivity contribution >= 4 is 0 Å². The molecule has 5 nitrogen and oxygen atoms in total. The maximum absolute atomic E-state index is 8.73.